The van der Waals surface area contributed by atoms with Crippen molar-refractivity contribution in [1.82, 2.24) is 0 Å². The second-order valence-corrected chi connectivity index (χ2v) is 5.00. The van der Waals surface area contributed by atoms with E-state index >= 15 is 0 Å². The Morgan fingerprint density at radius 3 is 2.40 bits per heavy atom. The van der Waals surface area contributed by atoms with E-state index in [9.17, 15) is 0 Å². The van der Waals surface area contributed by atoms with Crippen LogP contribution in [0.2, 0.25) is 0 Å². The minimum atomic E-state index is 0.461. The van der Waals surface area contributed by atoms with E-state index in [1.54, 1.807) is 0 Å². The van der Waals surface area contributed by atoms with Gasteiger partial charge >= 0.3 is 0 Å². The predicted octanol–water partition coefficient (Wildman–Crippen LogP) is 4.99. The van der Waals surface area contributed by atoms with Gasteiger partial charge in [-0.25, -0.2) is 0 Å². The zero-order valence-corrected chi connectivity index (χ0v) is 10.7. The normalized spacial score (nSPS) is 13.0. The van der Waals surface area contributed by atoms with E-state index in [0.29, 0.717) is 4.83 Å². The number of alkyl halides is 1. The summed E-state index contributed by atoms with van der Waals surface area (Å²) in [5.74, 6) is 0. The Hall–Kier alpha value is -0.820. The fraction of sp³-hybridized carbons (Fsp3) is 0.286. The lowest BCUT2D eigenvalue weighted by molar-refractivity contribution is 0.918. The fourth-order valence-electron chi connectivity index (χ4n) is 1.97. The highest BCUT2D eigenvalue weighted by molar-refractivity contribution is 9.09. The third-order valence-corrected chi connectivity index (χ3v) is 4.01. The Labute approximate surface area is 99.4 Å². The summed E-state index contributed by atoms with van der Waals surface area (Å²) >= 11 is 3.73. The first-order valence-electron chi connectivity index (χ1n) is 5.36. The summed E-state index contributed by atoms with van der Waals surface area (Å²) < 4.78 is 0. The van der Waals surface area contributed by atoms with E-state index in [0.717, 1.165) is 6.42 Å². The molecule has 2 aromatic rings. The first-order chi connectivity index (χ1) is 7.24. The SMILES string of the molecule is CCC(Br)c1ccc(C)c2ccccc12. The molecule has 15 heavy (non-hydrogen) atoms. The van der Waals surface area contributed by atoms with Gasteiger partial charge in [0, 0.05) is 4.83 Å². The number of rotatable bonds is 2. The molecule has 1 atom stereocenters. The van der Waals surface area contributed by atoms with Gasteiger partial charge in [-0.3, -0.25) is 0 Å². The van der Waals surface area contributed by atoms with Crippen molar-refractivity contribution in [2.45, 2.75) is 25.1 Å². The molecule has 0 aliphatic carbocycles. The van der Waals surface area contributed by atoms with Gasteiger partial charge in [-0.15, -0.1) is 0 Å². The van der Waals surface area contributed by atoms with Crippen LogP contribution in [0.1, 0.15) is 29.3 Å². The van der Waals surface area contributed by atoms with E-state index in [-0.39, 0.29) is 0 Å². The third-order valence-electron chi connectivity index (χ3n) is 2.87. The lowest BCUT2D eigenvalue weighted by Gasteiger charge is -2.12. The predicted molar refractivity (Wildman–Crippen MR) is 70.6 cm³/mol. The van der Waals surface area contributed by atoms with Crippen LogP contribution in [0.25, 0.3) is 10.8 Å². The van der Waals surface area contributed by atoms with Crippen molar-refractivity contribution in [1.29, 1.82) is 0 Å². The minimum absolute atomic E-state index is 0.461. The Bertz CT molecular complexity index is 474. The average Bonchev–Trinajstić information content (AvgIpc) is 2.29. The molecule has 0 heterocycles. The van der Waals surface area contributed by atoms with Crippen molar-refractivity contribution in [3.8, 4) is 0 Å². The van der Waals surface area contributed by atoms with Crippen molar-refractivity contribution >= 4 is 26.7 Å². The molecule has 0 aliphatic heterocycles. The molecule has 0 saturated heterocycles. The molecule has 0 radical (unpaired) electrons. The van der Waals surface area contributed by atoms with Crippen molar-refractivity contribution in [2.75, 3.05) is 0 Å². The summed E-state index contributed by atoms with van der Waals surface area (Å²) in [6.07, 6.45) is 1.12. The fourth-order valence-corrected chi connectivity index (χ4v) is 2.37. The molecular formula is C14H15Br. The van der Waals surface area contributed by atoms with Gasteiger partial charge in [-0.2, -0.15) is 0 Å². The highest BCUT2D eigenvalue weighted by Gasteiger charge is 2.09. The zero-order valence-electron chi connectivity index (χ0n) is 9.13. The maximum atomic E-state index is 3.73. The molecule has 1 heteroatoms. The Balaban J connectivity index is 2.71. The molecular weight excluding hydrogens is 248 g/mol. The summed E-state index contributed by atoms with van der Waals surface area (Å²) in [5.41, 5.74) is 2.75. The average molecular weight is 263 g/mol. The first-order valence-corrected chi connectivity index (χ1v) is 6.28. The molecule has 0 bridgehead atoms. The van der Waals surface area contributed by atoms with E-state index in [1.807, 2.05) is 0 Å². The highest BCUT2D eigenvalue weighted by Crippen LogP contribution is 2.33. The molecule has 2 aromatic carbocycles. The van der Waals surface area contributed by atoms with Gasteiger partial charge in [-0.1, -0.05) is 59.3 Å². The van der Waals surface area contributed by atoms with Gasteiger partial charge in [0.2, 0.25) is 0 Å². The number of hydrogen-bond donors (Lipinski definition) is 0. The molecule has 2 rings (SSSR count). The van der Waals surface area contributed by atoms with Crippen LogP contribution in [0.5, 0.6) is 0 Å². The molecule has 0 fully saturated rings. The lowest BCUT2D eigenvalue weighted by atomic mass is 9.98. The molecule has 0 nitrogen and oxygen atoms in total. The van der Waals surface area contributed by atoms with Crippen molar-refractivity contribution in [3.63, 3.8) is 0 Å². The molecule has 0 aliphatic rings. The third kappa shape index (κ3) is 1.93. The summed E-state index contributed by atoms with van der Waals surface area (Å²) in [7, 11) is 0. The van der Waals surface area contributed by atoms with Gasteiger partial charge in [0.15, 0.2) is 0 Å². The van der Waals surface area contributed by atoms with Gasteiger partial charge in [0.05, 0.1) is 0 Å². The van der Waals surface area contributed by atoms with Crippen LogP contribution in [-0.2, 0) is 0 Å². The Morgan fingerprint density at radius 2 is 1.73 bits per heavy atom. The number of hydrogen-bond acceptors (Lipinski definition) is 0. The monoisotopic (exact) mass is 262 g/mol. The smallest absolute Gasteiger partial charge is 0.0398 e. The Morgan fingerprint density at radius 1 is 1.07 bits per heavy atom. The lowest BCUT2D eigenvalue weighted by Crippen LogP contribution is -1.91. The van der Waals surface area contributed by atoms with Crippen LogP contribution in [-0.4, -0.2) is 0 Å². The molecule has 0 N–H and O–H groups in total. The van der Waals surface area contributed by atoms with Crippen LogP contribution < -0.4 is 0 Å². The van der Waals surface area contributed by atoms with Gasteiger partial charge in [0.25, 0.3) is 0 Å². The number of halogens is 1. The maximum Gasteiger partial charge on any atom is 0.0398 e. The van der Waals surface area contributed by atoms with E-state index in [4.69, 9.17) is 0 Å². The summed E-state index contributed by atoms with van der Waals surface area (Å²) in [6.45, 7) is 4.37. The minimum Gasteiger partial charge on any atom is -0.0839 e. The van der Waals surface area contributed by atoms with Crippen LogP contribution in [0.15, 0.2) is 36.4 Å². The highest BCUT2D eigenvalue weighted by atomic mass is 79.9. The van der Waals surface area contributed by atoms with E-state index in [1.165, 1.54) is 21.9 Å². The molecule has 0 amide bonds. The van der Waals surface area contributed by atoms with Crippen molar-refractivity contribution in [3.05, 3.63) is 47.5 Å². The van der Waals surface area contributed by atoms with Crippen LogP contribution in [0, 0.1) is 6.92 Å². The van der Waals surface area contributed by atoms with Crippen molar-refractivity contribution in [2.24, 2.45) is 0 Å². The van der Waals surface area contributed by atoms with Gasteiger partial charge in [0.1, 0.15) is 0 Å². The largest absolute Gasteiger partial charge is 0.0839 e. The summed E-state index contributed by atoms with van der Waals surface area (Å²) in [6, 6.07) is 13.1. The zero-order chi connectivity index (χ0) is 10.8. The first kappa shape index (κ1) is 10.7. The number of aryl methyl sites for hydroxylation is 1. The van der Waals surface area contributed by atoms with Crippen LogP contribution in [0.4, 0.5) is 0 Å². The number of fused-ring (bicyclic) bond motifs is 1. The number of benzene rings is 2. The van der Waals surface area contributed by atoms with Crippen LogP contribution >= 0.6 is 15.9 Å². The van der Waals surface area contributed by atoms with Crippen molar-refractivity contribution < 1.29 is 0 Å². The Kier molecular flexibility index (Phi) is 3.11. The van der Waals surface area contributed by atoms with Gasteiger partial charge < -0.3 is 0 Å². The topological polar surface area (TPSA) is 0 Å². The molecule has 1 unspecified atom stereocenters. The quantitative estimate of drug-likeness (QED) is 0.669. The maximum absolute atomic E-state index is 3.73. The second-order valence-electron chi connectivity index (χ2n) is 3.89. The van der Waals surface area contributed by atoms with E-state index in [2.05, 4.69) is 66.2 Å². The molecule has 0 aromatic heterocycles. The van der Waals surface area contributed by atoms with E-state index < -0.39 is 0 Å². The molecule has 0 spiro atoms. The standard InChI is InChI=1S/C14H15Br/c1-3-14(15)13-9-8-10(2)11-6-4-5-7-12(11)13/h4-9,14H,3H2,1-2H3. The van der Waals surface area contributed by atoms with Gasteiger partial charge in [-0.05, 0) is 35.2 Å². The second kappa shape index (κ2) is 4.36. The molecule has 0 saturated carbocycles. The molecule has 78 valence electrons. The summed E-state index contributed by atoms with van der Waals surface area (Å²) in [5, 5.41) is 2.74. The van der Waals surface area contributed by atoms with Crippen LogP contribution in [0.3, 0.4) is 0 Å². The summed E-state index contributed by atoms with van der Waals surface area (Å²) in [4.78, 5) is 0.461.